The van der Waals surface area contributed by atoms with E-state index in [-0.39, 0.29) is 0 Å². The molecule has 8 heavy (non-hydrogen) atoms. The lowest BCUT2D eigenvalue weighted by molar-refractivity contribution is 0.352. The van der Waals surface area contributed by atoms with Crippen molar-refractivity contribution in [3.05, 3.63) is 5.75 Å². The third kappa shape index (κ3) is 2.58. The molecule has 0 aromatic heterocycles. The summed E-state index contributed by atoms with van der Waals surface area (Å²) in [6.45, 7) is 0.900. The fourth-order valence-corrected chi connectivity index (χ4v) is 1.17. The van der Waals surface area contributed by atoms with Crippen LogP contribution in [0.5, 0.6) is 0 Å². The van der Waals surface area contributed by atoms with E-state index in [1.807, 2.05) is 0 Å². The molecular formula is C6H10OS. The van der Waals surface area contributed by atoms with Crippen LogP contribution in [-0.4, -0.2) is 6.61 Å². The van der Waals surface area contributed by atoms with E-state index in [4.69, 9.17) is 4.18 Å². The Morgan fingerprint density at radius 1 is 1.25 bits per heavy atom. The van der Waals surface area contributed by atoms with E-state index in [1.165, 1.54) is 31.3 Å². The van der Waals surface area contributed by atoms with Crippen molar-refractivity contribution in [1.82, 2.24) is 0 Å². The molecule has 0 bridgehead atoms. The second kappa shape index (κ2) is 4.21. The summed E-state index contributed by atoms with van der Waals surface area (Å²) in [5, 5.41) is 0. The van der Waals surface area contributed by atoms with Crippen molar-refractivity contribution in [1.29, 1.82) is 0 Å². The van der Waals surface area contributed by atoms with Crippen molar-refractivity contribution in [2.24, 2.45) is 0 Å². The predicted octanol–water partition coefficient (Wildman–Crippen LogP) is 2.26. The maximum absolute atomic E-state index is 5.08. The van der Waals surface area contributed by atoms with Crippen molar-refractivity contribution in [3.63, 3.8) is 0 Å². The van der Waals surface area contributed by atoms with Gasteiger partial charge >= 0.3 is 0 Å². The van der Waals surface area contributed by atoms with E-state index in [2.05, 4.69) is 5.75 Å². The minimum atomic E-state index is 0.900. The average molecular weight is 130 g/mol. The topological polar surface area (TPSA) is 9.23 Å². The van der Waals surface area contributed by atoms with Gasteiger partial charge in [0, 0.05) is 12.0 Å². The second-order valence-electron chi connectivity index (χ2n) is 1.86. The van der Waals surface area contributed by atoms with E-state index in [9.17, 15) is 0 Å². The normalized spacial score (nSPS) is 24.0. The second-order valence-corrected chi connectivity index (χ2v) is 2.55. The van der Waals surface area contributed by atoms with E-state index in [0.717, 1.165) is 13.0 Å². The first-order chi connectivity index (χ1) is 4.00. The van der Waals surface area contributed by atoms with Crippen LogP contribution >= 0.6 is 12.0 Å². The van der Waals surface area contributed by atoms with Crippen LogP contribution in [0, 0.1) is 5.75 Å². The van der Waals surface area contributed by atoms with Crippen molar-refractivity contribution in [2.75, 3.05) is 6.61 Å². The van der Waals surface area contributed by atoms with E-state index in [0.29, 0.717) is 0 Å². The Labute approximate surface area is 55.0 Å². The Morgan fingerprint density at radius 2 is 2.25 bits per heavy atom. The van der Waals surface area contributed by atoms with Gasteiger partial charge in [0.25, 0.3) is 0 Å². The number of rotatable bonds is 0. The number of hydrogen-bond donors (Lipinski definition) is 0. The van der Waals surface area contributed by atoms with Crippen LogP contribution in [-0.2, 0) is 4.18 Å². The van der Waals surface area contributed by atoms with Crippen LogP contribution in [0.2, 0.25) is 0 Å². The average Bonchev–Trinajstić information content (AvgIpc) is 1.62. The molecule has 0 unspecified atom stereocenters. The van der Waals surface area contributed by atoms with Crippen molar-refractivity contribution in [2.45, 2.75) is 25.7 Å². The molecule has 1 rings (SSSR count). The lowest BCUT2D eigenvalue weighted by atomic mass is 10.2. The Balaban J connectivity index is 2.00. The van der Waals surface area contributed by atoms with E-state index < -0.39 is 0 Å². The van der Waals surface area contributed by atoms with Gasteiger partial charge in [-0.1, -0.05) is 12.8 Å². The molecule has 0 aromatic carbocycles. The molecule has 1 heterocycles. The van der Waals surface area contributed by atoms with Gasteiger partial charge in [-0.3, -0.25) is 0 Å². The van der Waals surface area contributed by atoms with Crippen LogP contribution < -0.4 is 0 Å². The maximum Gasteiger partial charge on any atom is 0.0789 e. The van der Waals surface area contributed by atoms with Crippen LogP contribution in [0.15, 0.2) is 0 Å². The van der Waals surface area contributed by atoms with E-state index in [1.54, 1.807) is 0 Å². The Kier molecular flexibility index (Phi) is 3.39. The first-order valence-corrected chi connectivity index (χ1v) is 3.75. The molecular weight excluding hydrogens is 120 g/mol. The molecule has 2 radical (unpaired) electrons. The van der Waals surface area contributed by atoms with Gasteiger partial charge in [-0.2, -0.15) is 0 Å². The van der Waals surface area contributed by atoms with Crippen LogP contribution in [0.25, 0.3) is 0 Å². The molecule has 1 fully saturated rings. The largest absolute Gasteiger partial charge is 0.315 e. The van der Waals surface area contributed by atoms with Crippen molar-refractivity contribution in [3.8, 4) is 0 Å². The molecule has 0 aromatic rings. The minimum Gasteiger partial charge on any atom is -0.315 e. The van der Waals surface area contributed by atoms with Gasteiger partial charge in [0.2, 0.25) is 0 Å². The molecule has 1 aliphatic heterocycles. The smallest absolute Gasteiger partial charge is 0.0789 e. The molecule has 0 atom stereocenters. The molecule has 0 saturated carbocycles. The van der Waals surface area contributed by atoms with E-state index >= 15 is 0 Å². The Bertz CT molecular complexity index is 32.5. The van der Waals surface area contributed by atoms with Crippen LogP contribution in [0.3, 0.4) is 0 Å². The molecule has 0 amide bonds. The minimum absolute atomic E-state index is 0.900. The quantitative estimate of drug-likeness (QED) is 0.465. The lowest BCUT2D eigenvalue weighted by Crippen LogP contribution is -1.90. The third-order valence-electron chi connectivity index (χ3n) is 1.12. The molecule has 1 nitrogen and oxygen atoms in total. The summed E-state index contributed by atoms with van der Waals surface area (Å²) < 4.78 is 5.08. The fourth-order valence-electron chi connectivity index (χ4n) is 0.660. The molecule has 1 aliphatic rings. The summed E-state index contributed by atoms with van der Waals surface area (Å²) in [6.07, 6.45) is 4.89. The Morgan fingerprint density at radius 3 is 3.25 bits per heavy atom. The zero-order valence-corrected chi connectivity index (χ0v) is 5.67. The highest BCUT2D eigenvalue weighted by molar-refractivity contribution is 7.96. The molecule has 1 saturated heterocycles. The van der Waals surface area contributed by atoms with Gasteiger partial charge in [0.1, 0.15) is 0 Å². The van der Waals surface area contributed by atoms with Gasteiger partial charge in [0.15, 0.2) is 0 Å². The fraction of sp³-hybridized carbons (Fsp3) is 0.833. The van der Waals surface area contributed by atoms with Crippen LogP contribution in [0.1, 0.15) is 25.7 Å². The Hall–Kier alpha value is 0.310. The standard InChI is InChI=1S/C6H10OS/c1-2-4-6-8-7-5-3-1/h1-5H2. The summed E-state index contributed by atoms with van der Waals surface area (Å²) in [5.41, 5.74) is 0. The molecule has 2 heteroatoms. The van der Waals surface area contributed by atoms with Gasteiger partial charge in [-0.15, -0.1) is 0 Å². The summed E-state index contributed by atoms with van der Waals surface area (Å²) in [7, 11) is 0. The molecule has 0 aliphatic carbocycles. The highest BCUT2D eigenvalue weighted by Gasteiger charge is 1.97. The molecule has 0 spiro atoms. The van der Waals surface area contributed by atoms with Gasteiger partial charge in [-0.05, 0) is 12.8 Å². The first kappa shape index (κ1) is 6.43. The third-order valence-corrected chi connectivity index (χ3v) is 1.73. The van der Waals surface area contributed by atoms with Crippen molar-refractivity contribution >= 4 is 12.0 Å². The monoisotopic (exact) mass is 130 g/mol. The highest BCUT2D eigenvalue weighted by Crippen LogP contribution is 2.17. The van der Waals surface area contributed by atoms with Gasteiger partial charge in [-0.25, -0.2) is 0 Å². The lowest BCUT2D eigenvalue weighted by Gasteiger charge is -2.05. The SMILES string of the molecule is [C]1CCCCCOS1. The zero-order chi connectivity index (χ0) is 5.66. The maximum atomic E-state index is 5.08. The van der Waals surface area contributed by atoms with Gasteiger partial charge in [0.05, 0.1) is 12.4 Å². The molecule has 46 valence electrons. The van der Waals surface area contributed by atoms with Crippen molar-refractivity contribution < 1.29 is 4.18 Å². The van der Waals surface area contributed by atoms with Gasteiger partial charge < -0.3 is 4.18 Å². The summed E-state index contributed by atoms with van der Waals surface area (Å²) in [4.78, 5) is 0. The predicted molar refractivity (Wildman–Crippen MR) is 35.3 cm³/mol. The first-order valence-electron chi connectivity index (χ1n) is 3.01. The highest BCUT2D eigenvalue weighted by atomic mass is 32.2. The summed E-state index contributed by atoms with van der Waals surface area (Å²) in [5.74, 6) is 3.08. The molecule has 0 N–H and O–H groups in total. The van der Waals surface area contributed by atoms with Crippen LogP contribution in [0.4, 0.5) is 0 Å². The zero-order valence-electron chi connectivity index (χ0n) is 4.85. The summed E-state index contributed by atoms with van der Waals surface area (Å²) in [6, 6.07) is 0. The number of hydrogen-bond acceptors (Lipinski definition) is 2. The summed E-state index contributed by atoms with van der Waals surface area (Å²) >= 11 is 1.38.